The van der Waals surface area contributed by atoms with E-state index in [1.165, 1.54) is 16.4 Å². The monoisotopic (exact) mass is 420 g/mol. The molecule has 28 heavy (non-hydrogen) atoms. The SMILES string of the molecule is Cc1cc(C)c(NC(=O)C2CCN(S(=O)(=O)c3ccc(Cl)cc3)CC2)c(C)c1. The van der Waals surface area contributed by atoms with Gasteiger partial charge in [-0.2, -0.15) is 4.31 Å². The van der Waals surface area contributed by atoms with Gasteiger partial charge in [0.15, 0.2) is 0 Å². The molecule has 5 nitrogen and oxygen atoms in total. The van der Waals surface area contributed by atoms with Crippen LogP contribution in [0.25, 0.3) is 0 Å². The first-order valence-electron chi connectivity index (χ1n) is 9.33. The smallest absolute Gasteiger partial charge is 0.243 e. The Morgan fingerprint density at radius 2 is 1.57 bits per heavy atom. The van der Waals surface area contributed by atoms with E-state index in [9.17, 15) is 13.2 Å². The fraction of sp³-hybridized carbons (Fsp3) is 0.381. The second-order valence-corrected chi connectivity index (χ2v) is 9.77. The lowest BCUT2D eigenvalue weighted by Gasteiger charge is -2.30. The Morgan fingerprint density at radius 1 is 1.04 bits per heavy atom. The molecule has 1 aliphatic rings. The maximum absolute atomic E-state index is 12.8. The first kappa shape index (κ1) is 20.8. The summed E-state index contributed by atoms with van der Waals surface area (Å²) in [5.41, 5.74) is 4.09. The predicted molar refractivity (Wildman–Crippen MR) is 112 cm³/mol. The molecule has 0 saturated carbocycles. The molecule has 0 radical (unpaired) electrons. The Balaban J connectivity index is 1.65. The number of benzene rings is 2. The molecule has 2 aromatic rings. The van der Waals surface area contributed by atoms with Crippen molar-refractivity contribution in [2.24, 2.45) is 5.92 Å². The van der Waals surface area contributed by atoms with Gasteiger partial charge in [0.25, 0.3) is 0 Å². The van der Waals surface area contributed by atoms with Crippen molar-refractivity contribution in [3.63, 3.8) is 0 Å². The van der Waals surface area contributed by atoms with E-state index < -0.39 is 10.0 Å². The Morgan fingerprint density at radius 3 is 2.11 bits per heavy atom. The van der Waals surface area contributed by atoms with E-state index in [2.05, 4.69) is 5.32 Å². The average molecular weight is 421 g/mol. The highest BCUT2D eigenvalue weighted by molar-refractivity contribution is 7.89. The lowest BCUT2D eigenvalue weighted by atomic mass is 9.96. The summed E-state index contributed by atoms with van der Waals surface area (Å²) < 4.78 is 27.0. The third-order valence-electron chi connectivity index (χ3n) is 5.20. The van der Waals surface area contributed by atoms with Gasteiger partial charge in [0.2, 0.25) is 15.9 Å². The van der Waals surface area contributed by atoms with Crippen molar-refractivity contribution in [2.75, 3.05) is 18.4 Å². The number of halogens is 1. The Hall–Kier alpha value is -1.89. The molecule has 0 aliphatic carbocycles. The van der Waals surface area contributed by atoms with Crippen LogP contribution in [0.5, 0.6) is 0 Å². The minimum Gasteiger partial charge on any atom is -0.325 e. The van der Waals surface area contributed by atoms with Crippen molar-refractivity contribution >= 4 is 33.2 Å². The van der Waals surface area contributed by atoms with Crippen LogP contribution < -0.4 is 5.32 Å². The van der Waals surface area contributed by atoms with Gasteiger partial charge in [-0.15, -0.1) is 0 Å². The summed E-state index contributed by atoms with van der Waals surface area (Å²) in [5, 5.41) is 3.54. The lowest BCUT2D eigenvalue weighted by Crippen LogP contribution is -2.41. The van der Waals surface area contributed by atoms with Crippen LogP contribution in [0.1, 0.15) is 29.5 Å². The summed E-state index contributed by atoms with van der Waals surface area (Å²) in [6.45, 7) is 6.65. The summed E-state index contributed by atoms with van der Waals surface area (Å²) in [4.78, 5) is 13.0. The van der Waals surface area contributed by atoms with Crippen LogP contribution in [0.4, 0.5) is 5.69 Å². The number of rotatable bonds is 4. The van der Waals surface area contributed by atoms with Crippen LogP contribution in [0.2, 0.25) is 5.02 Å². The number of hydrogen-bond acceptors (Lipinski definition) is 3. The number of anilines is 1. The van der Waals surface area contributed by atoms with Crippen molar-refractivity contribution in [1.29, 1.82) is 0 Å². The van der Waals surface area contributed by atoms with Crippen LogP contribution >= 0.6 is 11.6 Å². The molecule has 0 bridgehead atoms. The number of sulfonamides is 1. The largest absolute Gasteiger partial charge is 0.325 e. The van der Waals surface area contributed by atoms with Crippen LogP contribution in [0, 0.1) is 26.7 Å². The molecule has 2 aromatic carbocycles. The molecule has 1 aliphatic heterocycles. The van der Waals surface area contributed by atoms with Gasteiger partial charge in [-0.25, -0.2) is 8.42 Å². The van der Waals surface area contributed by atoms with Gasteiger partial charge in [0.05, 0.1) is 4.90 Å². The number of amides is 1. The highest BCUT2D eigenvalue weighted by Crippen LogP contribution is 2.27. The molecule has 0 aromatic heterocycles. The number of nitrogens with one attached hydrogen (secondary N) is 1. The summed E-state index contributed by atoms with van der Waals surface area (Å²) in [7, 11) is -3.56. The van der Waals surface area contributed by atoms with Crippen molar-refractivity contribution in [2.45, 2.75) is 38.5 Å². The van der Waals surface area contributed by atoms with Crippen LogP contribution in [0.3, 0.4) is 0 Å². The fourth-order valence-corrected chi connectivity index (χ4v) is 5.31. The zero-order chi connectivity index (χ0) is 20.5. The quantitative estimate of drug-likeness (QED) is 0.801. The molecular weight excluding hydrogens is 396 g/mol. The maximum Gasteiger partial charge on any atom is 0.243 e. The topological polar surface area (TPSA) is 66.5 Å². The predicted octanol–water partition coefficient (Wildman–Crippen LogP) is 4.30. The first-order chi connectivity index (χ1) is 13.2. The van der Waals surface area contributed by atoms with Gasteiger partial charge in [-0.3, -0.25) is 4.79 Å². The van der Waals surface area contributed by atoms with Crippen molar-refractivity contribution in [3.05, 3.63) is 58.1 Å². The molecule has 1 heterocycles. The standard InChI is InChI=1S/C21H25ClN2O3S/c1-14-12-15(2)20(16(3)13-14)23-21(25)17-8-10-24(11-9-17)28(26,27)19-6-4-18(22)5-7-19/h4-7,12-13,17H,8-11H2,1-3H3,(H,23,25). The van der Waals surface area contributed by atoms with Crippen molar-refractivity contribution in [3.8, 4) is 0 Å². The van der Waals surface area contributed by atoms with Gasteiger partial charge in [-0.05, 0) is 69.0 Å². The molecule has 1 amide bonds. The molecule has 1 N–H and O–H groups in total. The van der Waals surface area contributed by atoms with E-state index >= 15 is 0 Å². The number of carbonyl (C=O) groups is 1. The van der Waals surface area contributed by atoms with Gasteiger partial charge in [-0.1, -0.05) is 29.3 Å². The molecule has 1 saturated heterocycles. The minimum absolute atomic E-state index is 0.0430. The summed E-state index contributed by atoms with van der Waals surface area (Å²) in [5.74, 6) is -0.240. The molecule has 1 fully saturated rings. The summed E-state index contributed by atoms with van der Waals surface area (Å²) in [6, 6.07) is 10.3. The van der Waals surface area contributed by atoms with Gasteiger partial charge in [0, 0.05) is 29.7 Å². The summed E-state index contributed by atoms with van der Waals surface area (Å²) >= 11 is 5.85. The Labute approximate surface area is 171 Å². The zero-order valence-electron chi connectivity index (χ0n) is 16.3. The Bertz CT molecular complexity index is 956. The van der Waals surface area contributed by atoms with Gasteiger partial charge >= 0.3 is 0 Å². The van der Waals surface area contributed by atoms with Gasteiger partial charge in [0.1, 0.15) is 0 Å². The third kappa shape index (κ3) is 4.40. The van der Waals surface area contributed by atoms with Crippen molar-refractivity contribution < 1.29 is 13.2 Å². The van der Waals surface area contributed by atoms with Crippen LogP contribution in [-0.4, -0.2) is 31.7 Å². The third-order valence-corrected chi connectivity index (χ3v) is 7.37. The van der Waals surface area contributed by atoms with Crippen LogP contribution in [0.15, 0.2) is 41.3 Å². The number of aryl methyl sites for hydroxylation is 3. The average Bonchev–Trinajstić information content (AvgIpc) is 2.65. The molecule has 0 atom stereocenters. The number of piperidine rings is 1. The first-order valence-corrected chi connectivity index (χ1v) is 11.1. The number of carbonyl (C=O) groups excluding carboxylic acids is 1. The van der Waals surface area contributed by atoms with E-state index in [1.807, 2.05) is 32.9 Å². The molecule has 7 heteroatoms. The molecule has 150 valence electrons. The number of nitrogens with zero attached hydrogens (tertiary/aromatic N) is 1. The summed E-state index contributed by atoms with van der Waals surface area (Å²) in [6.07, 6.45) is 1.01. The normalized spacial score (nSPS) is 16.1. The van der Waals surface area contributed by atoms with Gasteiger partial charge < -0.3 is 5.32 Å². The highest BCUT2D eigenvalue weighted by Gasteiger charge is 2.32. The lowest BCUT2D eigenvalue weighted by molar-refractivity contribution is -0.120. The maximum atomic E-state index is 12.8. The van der Waals surface area contributed by atoms with E-state index in [0.29, 0.717) is 31.0 Å². The zero-order valence-corrected chi connectivity index (χ0v) is 17.9. The molecule has 0 unspecified atom stereocenters. The highest BCUT2D eigenvalue weighted by atomic mass is 35.5. The number of hydrogen-bond donors (Lipinski definition) is 1. The Kier molecular flexibility index (Phi) is 6.12. The fourth-order valence-electron chi connectivity index (χ4n) is 3.72. The van der Waals surface area contributed by atoms with E-state index in [1.54, 1.807) is 12.1 Å². The van der Waals surface area contributed by atoms with E-state index in [4.69, 9.17) is 11.6 Å². The second-order valence-electron chi connectivity index (χ2n) is 7.40. The van der Waals surface area contributed by atoms with E-state index in [0.717, 1.165) is 22.4 Å². The molecular formula is C21H25ClN2O3S. The molecule has 0 spiro atoms. The van der Waals surface area contributed by atoms with Crippen LogP contribution in [-0.2, 0) is 14.8 Å². The minimum atomic E-state index is -3.56. The second kappa shape index (κ2) is 8.23. The van der Waals surface area contributed by atoms with Crippen molar-refractivity contribution in [1.82, 2.24) is 4.31 Å². The van der Waals surface area contributed by atoms with E-state index in [-0.39, 0.29) is 16.7 Å². The molecule has 3 rings (SSSR count).